The van der Waals surface area contributed by atoms with Crippen molar-refractivity contribution < 1.29 is 28.7 Å². The Morgan fingerprint density at radius 2 is 0.925 bits per heavy atom. The maximum absolute atomic E-state index is 14.1. The number of hydrogen-bond acceptors (Lipinski definition) is 6. The van der Waals surface area contributed by atoms with Crippen LogP contribution in [0.15, 0.2) is 59.7 Å². The molecule has 8 nitrogen and oxygen atoms in total. The van der Waals surface area contributed by atoms with E-state index < -0.39 is 48.0 Å². The number of rotatable bonds is 6. The molecule has 0 saturated heterocycles. The first kappa shape index (κ1) is 29.4. The Morgan fingerprint density at radius 1 is 0.625 bits per heavy atom. The minimum Gasteiger partial charge on any atom is -0.459 e. The number of halogens is 2. The standard InChI is InChI=1S/C30H30Cl2N2O6/c1-29(2,3)39-21(35)15-33-25(17-7-11-19(31)12-8-17)23-24(27(33)37)26(18-9-13-20(32)14-10-18)34(28(23)38)16-22(36)40-30(4,5)6/h7-14H,15-16H2,1-6H3. The molecule has 0 spiro atoms. The molecule has 0 saturated carbocycles. The SMILES string of the molecule is CC(C)(C)OC(=O)CN1C(=O)C2=C(c3ccc(Cl)cc3)N(CC(=O)OC(C)(C)C)C(=O)C2=C1c1ccc(Cl)cc1. The van der Waals surface area contributed by atoms with Crippen molar-refractivity contribution in [3.05, 3.63) is 80.8 Å². The Bertz CT molecular complexity index is 1330. The molecule has 2 aromatic carbocycles. The minimum atomic E-state index is -0.781. The van der Waals surface area contributed by atoms with Crippen LogP contribution in [0.1, 0.15) is 52.7 Å². The van der Waals surface area contributed by atoms with Crippen LogP contribution < -0.4 is 0 Å². The Balaban J connectivity index is 1.91. The molecule has 2 amide bonds. The van der Waals surface area contributed by atoms with Crippen LogP contribution in [0.2, 0.25) is 10.0 Å². The number of carbonyl (C=O) groups is 4. The van der Waals surface area contributed by atoms with Gasteiger partial charge in [0.2, 0.25) is 0 Å². The highest BCUT2D eigenvalue weighted by molar-refractivity contribution is 6.32. The summed E-state index contributed by atoms with van der Waals surface area (Å²) in [4.78, 5) is 56.4. The number of amides is 2. The van der Waals surface area contributed by atoms with Gasteiger partial charge in [0, 0.05) is 10.0 Å². The smallest absolute Gasteiger partial charge is 0.326 e. The second-order valence-electron chi connectivity index (χ2n) is 11.4. The Labute approximate surface area is 243 Å². The number of carbonyl (C=O) groups excluding carboxylic acids is 4. The second-order valence-corrected chi connectivity index (χ2v) is 12.3. The van der Waals surface area contributed by atoms with Crippen LogP contribution in [-0.2, 0) is 28.7 Å². The van der Waals surface area contributed by atoms with E-state index in [1.165, 1.54) is 9.80 Å². The average molecular weight is 585 g/mol. The zero-order valence-electron chi connectivity index (χ0n) is 23.1. The van der Waals surface area contributed by atoms with Gasteiger partial charge in [0.1, 0.15) is 24.3 Å². The van der Waals surface area contributed by atoms with Gasteiger partial charge in [-0.1, -0.05) is 47.5 Å². The van der Waals surface area contributed by atoms with Crippen molar-refractivity contribution in [3.8, 4) is 0 Å². The van der Waals surface area contributed by atoms with E-state index in [2.05, 4.69) is 0 Å². The topological polar surface area (TPSA) is 93.2 Å². The van der Waals surface area contributed by atoms with Gasteiger partial charge in [0.25, 0.3) is 11.8 Å². The lowest BCUT2D eigenvalue weighted by molar-refractivity contribution is -0.157. The van der Waals surface area contributed by atoms with Crippen molar-refractivity contribution in [1.29, 1.82) is 0 Å². The van der Waals surface area contributed by atoms with Crippen LogP contribution in [-0.4, -0.2) is 57.8 Å². The molecule has 4 rings (SSSR count). The molecule has 0 atom stereocenters. The molecule has 0 N–H and O–H groups in total. The van der Waals surface area contributed by atoms with E-state index in [1.54, 1.807) is 90.1 Å². The van der Waals surface area contributed by atoms with E-state index >= 15 is 0 Å². The summed E-state index contributed by atoms with van der Waals surface area (Å²) in [5.74, 6) is -2.43. The van der Waals surface area contributed by atoms with Gasteiger partial charge >= 0.3 is 11.9 Å². The van der Waals surface area contributed by atoms with Crippen molar-refractivity contribution in [2.75, 3.05) is 13.1 Å². The molecule has 2 aromatic rings. The summed E-state index contributed by atoms with van der Waals surface area (Å²) in [7, 11) is 0. The molecule has 210 valence electrons. The first-order chi connectivity index (χ1) is 18.6. The lowest BCUT2D eigenvalue weighted by atomic mass is 10.0. The molecule has 40 heavy (non-hydrogen) atoms. The zero-order chi connectivity index (χ0) is 29.6. The van der Waals surface area contributed by atoms with Crippen LogP contribution in [0, 0.1) is 0 Å². The highest BCUT2D eigenvalue weighted by Gasteiger charge is 2.50. The number of ether oxygens (including phenoxy) is 2. The van der Waals surface area contributed by atoms with Gasteiger partial charge in [0.15, 0.2) is 0 Å². The highest BCUT2D eigenvalue weighted by atomic mass is 35.5. The first-order valence-corrected chi connectivity index (χ1v) is 13.4. The predicted molar refractivity (Wildman–Crippen MR) is 152 cm³/mol. The van der Waals surface area contributed by atoms with Crippen molar-refractivity contribution in [1.82, 2.24) is 9.80 Å². The largest absolute Gasteiger partial charge is 0.459 e. The third kappa shape index (κ3) is 6.24. The van der Waals surface area contributed by atoms with Gasteiger partial charge in [-0.2, -0.15) is 0 Å². The van der Waals surface area contributed by atoms with E-state index in [-0.39, 0.29) is 22.5 Å². The van der Waals surface area contributed by atoms with Crippen molar-refractivity contribution in [2.24, 2.45) is 0 Å². The van der Waals surface area contributed by atoms with Crippen molar-refractivity contribution in [3.63, 3.8) is 0 Å². The summed E-state index contributed by atoms with van der Waals surface area (Å²) in [5.41, 5.74) is 0.0299. The van der Waals surface area contributed by atoms with Gasteiger partial charge in [-0.3, -0.25) is 29.0 Å². The Hall–Kier alpha value is -3.62. The van der Waals surface area contributed by atoms with Crippen LogP contribution in [0.25, 0.3) is 11.4 Å². The number of benzene rings is 2. The maximum Gasteiger partial charge on any atom is 0.326 e. The molecule has 0 radical (unpaired) electrons. The third-order valence-electron chi connectivity index (χ3n) is 5.83. The van der Waals surface area contributed by atoms with Crippen molar-refractivity contribution in [2.45, 2.75) is 52.7 Å². The van der Waals surface area contributed by atoms with Gasteiger partial charge in [-0.15, -0.1) is 0 Å². The summed E-state index contributed by atoms with van der Waals surface area (Å²) in [5, 5.41) is 0.915. The summed E-state index contributed by atoms with van der Waals surface area (Å²) in [6, 6.07) is 13.1. The zero-order valence-corrected chi connectivity index (χ0v) is 24.6. The van der Waals surface area contributed by atoms with E-state index in [4.69, 9.17) is 32.7 Å². The summed E-state index contributed by atoms with van der Waals surface area (Å²) in [6.45, 7) is 9.51. The summed E-state index contributed by atoms with van der Waals surface area (Å²) in [6.07, 6.45) is 0. The fourth-order valence-electron chi connectivity index (χ4n) is 4.52. The number of nitrogens with zero attached hydrogens (tertiary/aromatic N) is 2. The highest BCUT2D eigenvalue weighted by Crippen LogP contribution is 2.46. The van der Waals surface area contributed by atoms with Gasteiger partial charge in [-0.25, -0.2) is 0 Å². The first-order valence-electron chi connectivity index (χ1n) is 12.6. The summed E-state index contributed by atoms with van der Waals surface area (Å²) < 4.78 is 11.0. The number of hydrogen-bond donors (Lipinski definition) is 0. The third-order valence-corrected chi connectivity index (χ3v) is 6.34. The minimum absolute atomic E-state index is 0.0735. The predicted octanol–water partition coefficient (Wildman–Crippen LogP) is 5.48. The molecule has 2 aliphatic heterocycles. The summed E-state index contributed by atoms with van der Waals surface area (Å²) >= 11 is 12.2. The van der Waals surface area contributed by atoms with Gasteiger partial charge in [-0.05, 0) is 76.9 Å². The molecule has 0 aromatic heterocycles. The molecule has 0 aliphatic carbocycles. The van der Waals surface area contributed by atoms with Crippen LogP contribution >= 0.6 is 23.2 Å². The molecule has 2 heterocycles. The number of esters is 2. The van der Waals surface area contributed by atoms with E-state index in [1.807, 2.05) is 0 Å². The fraction of sp³-hybridized carbons (Fsp3) is 0.333. The van der Waals surface area contributed by atoms with Crippen LogP contribution in [0.5, 0.6) is 0 Å². The van der Waals surface area contributed by atoms with Crippen LogP contribution in [0.3, 0.4) is 0 Å². The fourth-order valence-corrected chi connectivity index (χ4v) is 4.77. The Kier molecular flexibility index (Phi) is 7.89. The monoisotopic (exact) mass is 584 g/mol. The molecule has 0 fully saturated rings. The van der Waals surface area contributed by atoms with Gasteiger partial charge < -0.3 is 9.47 Å². The lowest BCUT2D eigenvalue weighted by Crippen LogP contribution is -2.38. The average Bonchev–Trinajstić information content (AvgIpc) is 3.24. The van der Waals surface area contributed by atoms with Crippen LogP contribution in [0.4, 0.5) is 0 Å². The quantitative estimate of drug-likeness (QED) is 0.417. The maximum atomic E-state index is 14.1. The number of fused-ring (bicyclic) bond motifs is 1. The normalized spacial score (nSPS) is 15.7. The molecular weight excluding hydrogens is 555 g/mol. The Morgan fingerprint density at radius 3 is 1.20 bits per heavy atom. The molecule has 10 heteroatoms. The van der Waals surface area contributed by atoms with E-state index in [9.17, 15) is 19.2 Å². The van der Waals surface area contributed by atoms with E-state index in [0.717, 1.165) is 0 Å². The molecule has 2 aliphatic rings. The molecule has 0 bridgehead atoms. The second kappa shape index (κ2) is 10.7. The lowest BCUT2D eigenvalue weighted by Gasteiger charge is -2.27. The molecule has 0 unspecified atom stereocenters. The van der Waals surface area contributed by atoms with Gasteiger partial charge in [0.05, 0.1) is 22.5 Å². The van der Waals surface area contributed by atoms with Crippen molar-refractivity contribution >= 4 is 58.3 Å². The van der Waals surface area contributed by atoms with E-state index in [0.29, 0.717) is 21.2 Å². The molecular formula is C30H30Cl2N2O6.